The lowest BCUT2D eigenvalue weighted by Gasteiger charge is -2.37. The quantitative estimate of drug-likeness (QED) is 0.191. The van der Waals surface area contributed by atoms with E-state index in [4.69, 9.17) is 9.47 Å². The smallest absolute Gasteiger partial charge is 0.335 e. The number of rotatable bonds is 13. The molecule has 0 aromatic carbocycles. The SMILES string of the molecule is C=C(CN(CCCC)CC(=C)C(=O)O[C@@H]1C[C@H](C)CC[C@H]1C(C)C)C(=O)O[C@@H]1C[C@H](C)CC[C@H]1C(C)C. The molecule has 0 N–H and O–H groups in total. The fraction of sp³-hybridized carbons (Fsp3) is 0.812. The van der Waals surface area contributed by atoms with Gasteiger partial charge in [-0.3, -0.25) is 4.90 Å². The predicted octanol–water partition coefficient (Wildman–Crippen LogP) is 7.21. The Morgan fingerprint density at radius 1 is 0.784 bits per heavy atom. The van der Waals surface area contributed by atoms with Crippen molar-refractivity contribution in [3.8, 4) is 0 Å². The van der Waals surface area contributed by atoms with Crippen molar-refractivity contribution < 1.29 is 19.1 Å². The number of carbonyl (C=O) groups is 2. The van der Waals surface area contributed by atoms with Crippen molar-refractivity contribution in [2.45, 2.75) is 112 Å². The predicted molar refractivity (Wildman–Crippen MR) is 152 cm³/mol. The monoisotopic (exact) mass is 517 g/mol. The van der Waals surface area contributed by atoms with Gasteiger partial charge in [0.2, 0.25) is 0 Å². The molecule has 5 heteroatoms. The maximum atomic E-state index is 13.0. The average Bonchev–Trinajstić information content (AvgIpc) is 2.81. The molecular weight excluding hydrogens is 462 g/mol. The van der Waals surface area contributed by atoms with Crippen LogP contribution in [0, 0.1) is 35.5 Å². The zero-order valence-corrected chi connectivity index (χ0v) is 24.9. The Hall–Kier alpha value is -1.62. The number of esters is 2. The number of unbranched alkanes of at least 4 members (excludes halogenated alkanes) is 1. The summed E-state index contributed by atoms with van der Waals surface area (Å²) in [7, 11) is 0. The lowest BCUT2D eigenvalue weighted by Crippen LogP contribution is -2.39. The van der Waals surface area contributed by atoms with Gasteiger partial charge in [0.15, 0.2) is 0 Å². The molecule has 2 aliphatic carbocycles. The van der Waals surface area contributed by atoms with E-state index in [-0.39, 0.29) is 24.1 Å². The molecule has 2 fully saturated rings. The van der Waals surface area contributed by atoms with Crippen LogP contribution in [0.4, 0.5) is 0 Å². The number of hydrogen-bond acceptors (Lipinski definition) is 5. The minimum atomic E-state index is -0.310. The van der Waals surface area contributed by atoms with E-state index >= 15 is 0 Å². The van der Waals surface area contributed by atoms with Gasteiger partial charge in [0.05, 0.1) is 0 Å². The lowest BCUT2D eigenvalue weighted by atomic mass is 9.75. The van der Waals surface area contributed by atoms with Crippen molar-refractivity contribution in [1.82, 2.24) is 4.90 Å². The number of nitrogens with zero attached hydrogens (tertiary/aromatic N) is 1. The summed E-state index contributed by atoms with van der Waals surface area (Å²) in [6, 6.07) is 0. The van der Waals surface area contributed by atoms with Crippen molar-refractivity contribution in [1.29, 1.82) is 0 Å². The number of hydrogen-bond donors (Lipinski definition) is 0. The molecule has 0 bridgehead atoms. The minimum Gasteiger partial charge on any atom is -0.459 e. The van der Waals surface area contributed by atoms with Crippen molar-refractivity contribution in [3.05, 3.63) is 24.3 Å². The van der Waals surface area contributed by atoms with Crippen LogP contribution in [0.15, 0.2) is 24.3 Å². The fourth-order valence-electron chi connectivity index (χ4n) is 6.21. The van der Waals surface area contributed by atoms with E-state index < -0.39 is 0 Å². The van der Waals surface area contributed by atoms with E-state index in [1.165, 1.54) is 12.8 Å². The van der Waals surface area contributed by atoms with Crippen molar-refractivity contribution in [2.75, 3.05) is 19.6 Å². The second kappa shape index (κ2) is 15.1. The van der Waals surface area contributed by atoms with Gasteiger partial charge in [0, 0.05) is 24.2 Å². The summed E-state index contributed by atoms with van der Waals surface area (Å²) in [5, 5.41) is 0. The highest BCUT2D eigenvalue weighted by Gasteiger charge is 2.35. The summed E-state index contributed by atoms with van der Waals surface area (Å²) in [6.45, 7) is 25.1. The van der Waals surface area contributed by atoms with Gasteiger partial charge >= 0.3 is 11.9 Å². The Kier molecular flexibility index (Phi) is 12.9. The van der Waals surface area contributed by atoms with Crippen LogP contribution in [0.1, 0.15) is 99.8 Å². The molecule has 5 nitrogen and oxygen atoms in total. The van der Waals surface area contributed by atoms with E-state index in [0.29, 0.717) is 59.7 Å². The molecule has 2 aliphatic rings. The molecular formula is C32H55NO4. The molecule has 0 aromatic heterocycles. The maximum absolute atomic E-state index is 13.0. The number of ether oxygens (including phenoxy) is 2. The molecule has 0 saturated heterocycles. The highest BCUT2D eigenvalue weighted by molar-refractivity contribution is 5.89. The Morgan fingerprint density at radius 2 is 1.19 bits per heavy atom. The van der Waals surface area contributed by atoms with Gasteiger partial charge in [-0.1, -0.05) is 80.9 Å². The van der Waals surface area contributed by atoms with E-state index in [0.717, 1.165) is 45.1 Å². The third-order valence-corrected chi connectivity index (χ3v) is 8.67. The highest BCUT2D eigenvalue weighted by Crippen LogP contribution is 2.36. The van der Waals surface area contributed by atoms with Crippen molar-refractivity contribution in [2.24, 2.45) is 35.5 Å². The first-order chi connectivity index (χ1) is 17.4. The van der Waals surface area contributed by atoms with Crippen LogP contribution >= 0.6 is 0 Å². The van der Waals surface area contributed by atoms with E-state index in [1.54, 1.807) is 0 Å². The Balaban J connectivity index is 1.97. The van der Waals surface area contributed by atoms with Gasteiger partial charge in [0.25, 0.3) is 0 Å². The summed E-state index contributed by atoms with van der Waals surface area (Å²) in [5.41, 5.74) is 0.887. The summed E-state index contributed by atoms with van der Waals surface area (Å²) >= 11 is 0. The molecule has 0 unspecified atom stereocenters. The first kappa shape index (κ1) is 31.6. The first-order valence-electron chi connectivity index (χ1n) is 14.9. The second-order valence-corrected chi connectivity index (χ2v) is 12.8. The summed E-state index contributed by atoms with van der Waals surface area (Å²) < 4.78 is 12.0. The van der Waals surface area contributed by atoms with Crippen LogP contribution in [0.2, 0.25) is 0 Å². The summed E-state index contributed by atoms with van der Waals surface area (Å²) in [5.74, 6) is 2.28. The average molecular weight is 518 g/mol. The zero-order chi connectivity index (χ0) is 27.7. The standard InChI is InChI=1S/C32H55NO4/c1-10-11-16-33(19-25(8)31(34)36-29-17-23(6)12-14-27(29)21(2)3)20-26(9)32(35)37-30-18-24(7)13-15-28(30)22(4)5/h21-24,27-30H,8-20H2,1-7H3/t23-,24-,27+,28+,29-,30-/m1/s1. The highest BCUT2D eigenvalue weighted by atomic mass is 16.5. The van der Waals surface area contributed by atoms with Crippen LogP contribution in [-0.4, -0.2) is 48.7 Å². The van der Waals surface area contributed by atoms with Gasteiger partial charge in [-0.2, -0.15) is 0 Å². The molecule has 0 aromatic rings. The second-order valence-electron chi connectivity index (χ2n) is 12.8. The molecule has 37 heavy (non-hydrogen) atoms. The van der Waals surface area contributed by atoms with E-state index in [9.17, 15) is 9.59 Å². The van der Waals surface area contributed by atoms with Crippen molar-refractivity contribution in [3.63, 3.8) is 0 Å². The van der Waals surface area contributed by atoms with Crippen LogP contribution < -0.4 is 0 Å². The van der Waals surface area contributed by atoms with Crippen LogP contribution in [0.25, 0.3) is 0 Å². The van der Waals surface area contributed by atoms with Gasteiger partial charge in [-0.15, -0.1) is 0 Å². The first-order valence-corrected chi connectivity index (χ1v) is 14.9. The normalized spacial score (nSPS) is 28.4. The summed E-state index contributed by atoms with van der Waals surface area (Å²) in [4.78, 5) is 28.2. The van der Waals surface area contributed by atoms with Gasteiger partial charge in [-0.25, -0.2) is 9.59 Å². The Bertz CT molecular complexity index is 713. The molecule has 0 spiro atoms. The Morgan fingerprint density at radius 3 is 1.54 bits per heavy atom. The van der Waals surface area contributed by atoms with Gasteiger partial charge < -0.3 is 9.47 Å². The largest absolute Gasteiger partial charge is 0.459 e. The fourth-order valence-corrected chi connectivity index (χ4v) is 6.21. The Labute approximate surface area is 227 Å². The third kappa shape index (κ3) is 9.89. The molecule has 212 valence electrons. The van der Waals surface area contributed by atoms with Crippen LogP contribution in [0.5, 0.6) is 0 Å². The van der Waals surface area contributed by atoms with Gasteiger partial charge in [0.1, 0.15) is 12.2 Å². The molecule has 0 heterocycles. The molecule has 6 atom stereocenters. The lowest BCUT2D eigenvalue weighted by molar-refractivity contribution is -0.151. The third-order valence-electron chi connectivity index (χ3n) is 8.67. The van der Waals surface area contributed by atoms with Gasteiger partial charge in [-0.05, 0) is 74.2 Å². The number of carbonyl (C=O) groups excluding carboxylic acids is 2. The molecule has 0 aliphatic heterocycles. The molecule has 0 amide bonds. The van der Waals surface area contributed by atoms with E-state index in [2.05, 4.69) is 66.5 Å². The summed E-state index contributed by atoms with van der Waals surface area (Å²) in [6.07, 6.45) is 8.32. The minimum absolute atomic E-state index is 0.0474. The molecule has 2 rings (SSSR count). The van der Waals surface area contributed by atoms with Crippen LogP contribution in [-0.2, 0) is 19.1 Å². The maximum Gasteiger partial charge on any atom is 0.335 e. The molecule has 0 radical (unpaired) electrons. The topological polar surface area (TPSA) is 55.8 Å². The van der Waals surface area contributed by atoms with Crippen molar-refractivity contribution >= 4 is 11.9 Å². The zero-order valence-electron chi connectivity index (χ0n) is 24.9. The molecule has 2 saturated carbocycles. The van der Waals surface area contributed by atoms with E-state index in [1.807, 2.05) is 0 Å². The van der Waals surface area contributed by atoms with Crippen LogP contribution in [0.3, 0.4) is 0 Å².